The van der Waals surface area contributed by atoms with Crippen molar-refractivity contribution in [2.45, 2.75) is 63.2 Å². The molecule has 1 aliphatic heterocycles. The van der Waals surface area contributed by atoms with Crippen molar-refractivity contribution in [3.63, 3.8) is 0 Å². The molecule has 1 saturated heterocycles. The Labute approximate surface area is 223 Å². The van der Waals surface area contributed by atoms with E-state index in [0.717, 1.165) is 36.6 Å². The Morgan fingerprint density at radius 1 is 1.11 bits per heavy atom. The van der Waals surface area contributed by atoms with Crippen molar-refractivity contribution in [1.82, 2.24) is 20.4 Å². The summed E-state index contributed by atoms with van der Waals surface area (Å²) in [6.07, 6.45) is 4.11. The number of amides is 3. The summed E-state index contributed by atoms with van der Waals surface area (Å²) < 4.78 is 34.2. The topological polar surface area (TPSA) is 114 Å². The lowest BCUT2D eigenvalue weighted by molar-refractivity contribution is -0.0164. The third kappa shape index (κ3) is 8.51. The Hall–Kier alpha value is -2.50. The molecule has 0 spiro atoms. The number of benzene rings is 1. The fourth-order valence-corrected chi connectivity index (χ4v) is 5.63. The van der Waals surface area contributed by atoms with Crippen LogP contribution in [-0.2, 0) is 4.74 Å². The Morgan fingerprint density at radius 2 is 1.76 bits per heavy atom. The summed E-state index contributed by atoms with van der Waals surface area (Å²) in [5, 5.41) is 26.2. The van der Waals surface area contributed by atoms with Crippen LogP contribution in [0.2, 0.25) is 0 Å². The van der Waals surface area contributed by atoms with Crippen LogP contribution in [0, 0.1) is 23.5 Å². The molecule has 2 fully saturated rings. The molecule has 3 amide bonds. The first-order chi connectivity index (χ1) is 18.2. The number of aliphatic hydroxyl groups is 1. The van der Waals surface area contributed by atoms with Crippen LogP contribution in [0.15, 0.2) is 18.2 Å². The summed E-state index contributed by atoms with van der Waals surface area (Å²) in [6, 6.07) is 2.50. The quantitative estimate of drug-likeness (QED) is 0.341. The normalized spacial score (nSPS) is 21.0. The van der Waals surface area contributed by atoms with Gasteiger partial charge in [0, 0.05) is 45.2 Å². The minimum absolute atomic E-state index is 0.0338. The summed E-state index contributed by atoms with van der Waals surface area (Å²) in [5.41, 5.74) is 0.313. The van der Waals surface area contributed by atoms with E-state index in [1.807, 2.05) is 0 Å². The van der Waals surface area contributed by atoms with Gasteiger partial charge in [-0.05, 0) is 56.3 Å². The van der Waals surface area contributed by atoms with Crippen molar-refractivity contribution in [3.8, 4) is 0 Å². The number of ether oxygens (including phenoxy) is 1. The maximum atomic E-state index is 14.1. The van der Waals surface area contributed by atoms with E-state index in [1.165, 1.54) is 25.6 Å². The summed E-state index contributed by atoms with van der Waals surface area (Å²) >= 11 is 0. The molecule has 4 atom stereocenters. The highest BCUT2D eigenvalue weighted by Gasteiger charge is 2.34. The van der Waals surface area contributed by atoms with Gasteiger partial charge in [0.15, 0.2) is 0 Å². The molecule has 11 heteroatoms. The number of carbonyl (C=O) groups is 2. The number of nitrogens with zero attached hydrogens (tertiary/aromatic N) is 2. The molecule has 214 valence electrons. The van der Waals surface area contributed by atoms with Crippen LogP contribution in [0.4, 0.5) is 18.4 Å². The van der Waals surface area contributed by atoms with Crippen molar-refractivity contribution in [3.05, 3.63) is 35.4 Å². The number of aliphatic hydroxyl groups excluding tert-OH is 1. The average Bonchev–Trinajstić information content (AvgIpc) is 2.90. The summed E-state index contributed by atoms with van der Waals surface area (Å²) in [6.45, 7) is 1.37. The number of hydrogen-bond acceptors (Lipinski definition) is 5. The molecule has 2 unspecified atom stereocenters. The van der Waals surface area contributed by atoms with E-state index in [-0.39, 0.29) is 31.0 Å². The van der Waals surface area contributed by atoms with Gasteiger partial charge in [-0.2, -0.15) is 0 Å². The highest BCUT2D eigenvalue weighted by molar-refractivity contribution is 5.74. The van der Waals surface area contributed by atoms with Crippen LogP contribution in [-0.4, -0.2) is 91.2 Å². The molecule has 2 aliphatic rings. The van der Waals surface area contributed by atoms with Crippen LogP contribution in [0.25, 0.3) is 0 Å². The predicted octanol–water partition coefficient (Wildman–Crippen LogP) is 3.58. The summed E-state index contributed by atoms with van der Waals surface area (Å²) in [5.74, 6) is -1.56. The zero-order chi connectivity index (χ0) is 27.7. The molecular weight excluding hydrogens is 498 g/mol. The number of urea groups is 1. The zero-order valence-corrected chi connectivity index (χ0v) is 22.4. The fourth-order valence-electron chi connectivity index (χ4n) is 5.63. The molecule has 3 rings (SSSR count). The second-order valence-electron chi connectivity index (χ2n) is 10.5. The molecule has 1 saturated carbocycles. The lowest BCUT2D eigenvalue weighted by Crippen LogP contribution is -2.56. The number of carboxylic acid groups (broad SMARTS) is 1. The lowest BCUT2D eigenvalue weighted by Gasteiger charge is -2.39. The van der Waals surface area contributed by atoms with E-state index in [1.54, 1.807) is 11.9 Å². The van der Waals surface area contributed by atoms with Crippen molar-refractivity contribution in [2.24, 2.45) is 11.8 Å². The zero-order valence-electron chi connectivity index (χ0n) is 22.4. The van der Waals surface area contributed by atoms with Crippen LogP contribution in [0.5, 0.6) is 0 Å². The Bertz CT molecular complexity index is 897. The van der Waals surface area contributed by atoms with Crippen LogP contribution < -0.4 is 10.6 Å². The fraction of sp³-hybridized carbons (Fsp3) is 0.704. The van der Waals surface area contributed by atoms with Crippen molar-refractivity contribution in [1.29, 1.82) is 0 Å². The predicted molar refractivity (Wildman–Crippen MR) is 139 cm³/mol. The monoisotopic (exact) mass is 540 g/mol. The van der Waals surface area contributed by atoms with E-state index in [9.17, 15) is 23.5 Å². The standard InChI is InChI=1S/C27H42F2N4O5/c1-30-16-23(24(34)18-7-4-3-5-8-18)31-26(35)33-10-6-9-19(17-33)25(38-12-11-32(2)27(36)37)20-13-21(28)15-22(29)14-20/h13-15,18-19,23-25,30,34H,3-12,16-17H2,1-2H3,(H,31,35)(H,36,37)/t19-,23?,24?,25-/m1/s1. The molecule has 0 radical (unpaired) electrons. The minimum Gasteiger partial charge on any atom is -0.465 e. The number of likely N-dealkylation sites (N-methyl/N-ethyl adjacent to an activating group) is 2. The molecule has 0 aromatic heterocycles. The van der Waals surface area contributed by atoms with Gasteiger partial charge in [0.05, 0.1) is 24.9 Å². The van der Waals surface area contributed by atoms with Gasteiger partial charge in [0.2, 0.25) is 0 Å². The largest absolute Gasteiger partial charge is 0.465 e. The van der Waals surface area contributed by atoms with Gasteiger partial charge >= 0.3 is 12.1 Å². The van der Waals surface area contributed by atoms with Crippen LogP contribution >= 0.6 is 0 Å². The van der Waals surface area contributed by atoms with E-state index < -0.39 is 36.0 Å². The minimum atomic E-state index is -1.10. The Balaban J connectivity index is 1.70. The maximum Gasteiger partial charge on any atom is 0.407 e. The third-order valence-corrected chi connectivity index (χ3v) is 7.72. The second-order valence-corrected chi connectivity index (χ2v) is 10.5. The van der Waals surface area contributed by atoms with Gasteiger partial charge in [-0.1, -0.05) is 19.3 Å². The first kappa shape index (κ1) is 30.0. The maximum absolute atomic E-state index is 14.1. The number of halogens is 2. The first-order valence-corrected chi connectivity index (χ1v) is 13.6. The number of likely N-dealkylation sites (tertiary alicyclic amines) is 1. The smallest absolute Gasteiger partial charge is 0.407 e. The first-order valence-electron chi connectivity index (χ1n) is 13.6. The van der Waals surface area contributed by atoms with Crippen LogP contribution in [0.1, 0.15) is 56.6 Å². The summed E-state index contributed by atoms with van der Waals surface area (Å²) in [7, 11) is 3.20. The van der Waals surface area contributed by atoms with E-state index in [0.29, 0.717) is 38.0 Å². The lowest BCUT2D eigenvalue weighted by atomic mass is 9.82. The molecule has 0 bridgehead atoms. The van der Waals surface area contributed by atoms with E-state index in [4.69, 9.17) is 9.84 Å². The number of rotatable bonds is 11. The highest BCUT2D eigenvalue weighted by atomic mass is 19.1. The molecule has 1 heterocycles. The molecule has 1 aliphatic carbocycles. The average molecular weight is 541 g/mol. The molecule has 1 aromatic carbocycles. The van der Waals surface area contributed by atoms with Gasteiger partial charge in [-0.25, -0.2) is 18.4 Å². The van der Waals surface area contributed by atoms with Gasteiger partial charge in [0.25, 0.3) is 0 Å². The highest BCUT2D eigenvalue weighted by Crippen LogP contribution is 2.34. The Kier molecular flexibility index (Phi) is 11.5. The van der Waals surface area contributed by atoms with Gasteiger partial charge in [-0.3, -0.25) is 0 Å². The number of carbonyl (C=O) groups excluding carboxylic acids is 1. The molecule has 1 aromatic rings. The van der Waals surface area contributed by atoms with E-state index in [2.05, 4.69) is 10.6 Å². The number of piperidine rings is 1. The SMILES string of the molecule is CNCC(NC(=O)N1CCC[C@@H]([C@@H](OCCN(C)C(=O)O)c2cc(F)cc(F)c2)C1)C(O)C1CCCCC1. The van der Waals surface area contributed by atoms with Crippen molar-refractivity contribution in [2.75, 3.05) is 46.9 Å². The third-order valence-electron chi connectivity index (χ3n) is 7.72. The summed E-state index contributed by atoms with van der Waals surface area (Å²) in [4.78, 5) is 27.2. The van der Waals surface area contributed by atoms with Gasteiger partial charge in [0.1, 0.15) is 11.6 Å². The number of nitrogens with one attached hydrogen (secondary N) is 2. The van der Waals surface area contributed by atoms with E-state index >= 15 is 0 Å². The Morgan fingerprint density at radius 3 is 2.39 bits per heavy atom. The molecule has 9 nitrogen and oxygen atoms in total. The van der Waals surface area contributed by atoms with Crippen molar-refractivity contribution < 1.29 is 33.3 Å². The van der Waals surface area contributed by atoms with Crippen LogP contribution in [0.3, 0.4) is 0 Å². The van der Waals surface area contributed by atoms with Gasteiger partial charge < -0.3 is 35.4 Å². The van der Waals surface area contributed by atoms with Gasteiger partial charge in [-0.15, -0.1) is 0 Å². The van der Waals surface area contributed by atoms with Crippen molar-refractivity contribution >= 4 is 12.1 Å². The molecular formula is C27H42F2N4O5. The molecule has 4 N–H and O–H groups in total. The second kappa shape index (κ2) is 14.6. The molecule has 38 heavy (non-hydrogen) atoms. The number of hydrogen-bond donors (Lipinski definition) is 4.